The van der Waals surface area contributed by atoms with E-state index in [0.29, 0.717) is 12.6 Å². The number of esters is 1. The Hall–Kier alpha value is -1.29. The minimum Gasteiger partial charge on any atom is -0.462 e. The fourth-order valence-electron chi connectivity index (χ4n) is 3.39. The van der Waals surface area contributed by atoms with Gasteiger partial charge in [-0.25, -0.2) is 4.79 Å². The van der Waals surface area contributed by atoms with Crippen molar-refractivity contribution >= 4 is 22.3 Å². The second kappa shape index (κ2) is 5.84. The fourth-order valence-corrected chi connectivity index (χ4v) is 4.93. The summed E-state index contributed by atoms with van der Waals surface area (Å²) in [6.45, 7) is 6.67. The van der Waals surface area contributed by atoms with Crippen molar-refractivity contribution in [3.63, 3.8) is 0 Å². The molecule has 3 nitrogen and oxygen atoms in total. The molecule has 1 unspecified atom stereocenters. The maximum atomic E-state index is 12.5. The molecule has 1 atom stereocenters. The van der Waals surface area contributed by atoms with Gasteiger partial charge in [0.2, 0.25) is 0 Å². The third kappa shape index (κ3) is 2.50. The van der Waals surface area contributed by atoms with Crippen LogP contribution in [0.5, 0.6) is 0 Å². The van der Waals surface area contributed by atoms with E-state index in [-0.39, 0.29) is 5.97 Å². The second-order valence-corrected chi connectivity index (χ2v) is 7.00. The number of hydrogen-bond donors (Lipinski definition) is 0. The van der Waals surface area contributed by atoms with E-state index >= 15 is 0 Å². The van der Waals surface area contributed by atoms with Gasteiger partial charge in [0.05, 0.1) is 12.2 Å². The van der Waals surface area contributed by atoms with Crippen LogP contribution in [-0.4, -0.2) is 18.6 Å². The Labute approximate surface area is 130 Å². The number of fused-ring (bicyclic) bond motifs is 1. The van der Waals surface area contributed by atoms with Crippen LogP contribution in [0.4, 0.5) is 5.00 Å². The quantitative estimate of drug-likeness (QED) is 0.780. The van der Waals surface area contributed by atoms with Crippen molar-refractivity contribution in [1.82, 2.24) is 0 Å². The molecule has 0 radical (unpaired) electrons. The number of aryl methyl sites for hydroxylation is 1. The molecule has 0 saturated heterocycles. The zero-order valence-corrected chi connectivity index (χ0v) is 13.9. The molecule has 1 aliphatic carbocycles. The topological polar surface area (TPSA) is 29.5 Å². The highest BCUT2D eigenvalue weighted by Crippen LogP contribution is 2.44. The first-order valence-electron chi connectivity index (χ1n) is 7.91. The van der Waals surface area contributed by atoms with E-state index in [1.165, 1.54) is 29.0 Å². The summed E-state index contributed by atoms with van der Waals surface area (Å²) in [4.78, 5) is 16.2. The Morgan fingerprint density at radius 1 is 1.43 bits per heavy atom. The molecule has 114 valence electrons. The van der Waals surface area contributed by atoms with Crippen LogP contribution in [0.1, 0.15) is 60.8 Å². The first kappa shape index (κ1) is 14.6. The normalized spacial score (nSPS) is 21.2. The molecule has 1 aromatic heterocycles. The fraction of sp³-hybridized carbons (Fsp3) is 0.588. The summed E-state index contributed by atoms with van der Waals surface area (Å²) in [5, 5.41) is 1.11. The molecule has 0 amide bonds. The van der Waals surface area contributed by atoms with Gasteiger partial charge in [0.15, 0.2) is 0 Å². The van der Waals surface area contributed by atoms with Crippen LogP contribution in [0.2, 0.25) is 0 Å². The van der Waals surface area contributed by atoms with E-state index in [4.69, 9.17) is 4.74 Å². The summed E-state index contributed by atoms with van der Waals surface area (Å²) >= 11 is 1.81. The van der Waals surface area contributed by atoms with E-state index in [9.17, 15) is 4.79 Å². The second-order valence-electron chi connectivity index (χ2n) is 5.91. The third-order valence-corrected chi connectivity index (χ3v) is 5.72. The molecule has 1 aromatic rings. The first-order chi connectivity index (χ1) is 10.1. The molecule has 2 aliphatic rings. The Morgan fingerprint density at radius 3 is 2.86 bits per heavy atom. The van der Waals surface area contributed by atoms with Crippen LogP contribution in [0.25, 0.3) is 0 Å². The summed E-state index contributed by atoms with van der Waals surface area (Å²) in [6.07, 6.45) is 7.86. The van der Waals surface area contributed by atoms with Crippen LogP contribution >= 0.6 is 11.3 Å². The van der Waals surface area contributed by atoms with Crippen molar-refractivity contribution in [1.29, 1.82) is 0 Å². The highest BCUT2D eigenvalue weighted by molar-refractivity contribution is 7.16. The van der Waals surface area contributed by atoms with Crippen LogP contribution in [0, 0.1) is 0 Å². The standard InChI is InChI=1S/C17H23NO2S/c1-4-20-17(19)15-13-7-5-6-8-14(13)21-16(15)18-11(2)9-10-12(18)3/h9,12H,4-8,10H2,1-3H3. The molecule has 0 aromatic carbocycles. The van der Waals surface area contributed by atoms with Gasteiger partial charge in [-0.3, -0.25) is 0 Å². The number of thiophene rings is 1. The van der Waals surface area contributed by atoms with Crippen molar-refractivity contribution in [2.45, 2.75) is 58.9 Å². The monoisotopic (exact) mass is 305 g/mol. The molecule has 0 bridgehead atoms. The Bertz CT molecular complexity index is 588. The lowest BCUT2D eigenvalue weighted by Crippen LogP contribution is -2.27. The third-order valence-electron chi connectivity index (χ3n) is 4.43. The van der Waals surface area contributed by atoms with Crippen molar-refractivity contribution < 1.29 is 9.53 Å². The van der Waals surface area contributed by atoms with Crippen LogP contribution in [-0.2, 0) is 17.6 Å². The number of rotatable bonds is 3. The maximum Gasteiger partial charge on any atom is 0.341 e. The van der Waals surface area contributed by atoms with Crippen molar-refractivity contribution in [2.24, 2.45) is 0 Å². The average molecular weight is 305 g/mol. The molecule has 3 rings (SSSR count). The molecule has 0 spiro atoms. The lowest BCUT2D eigenvalue weighted by atomic mass is 9.95. The molecule has 21 heavy (non-hydrogen) atoms. The number of ether oxygens (including phenoxy) is 1. The van der Waals surface area contributed by atoms with Gasteiger partial charge < -0.3 is 9.64 Å². The summed E-state index contributed by atoms with van der Waals surface area (Å²) in [5.74, 6) is -0.140. The summed E-state index contributed by atoms with van der Waals surface area (Å²) in [7, 11) is 0. The van der Waals surface area contributed by atoms with E-state index < -0.39 is 0 Å². The Balaban J connectivity index is 2.09. The minimum absolute atomic E-state index is 0.140. The predicted molar refractivity (Wildman–Crippen MR) is 87.2 cm³/mol. The van der Waals surface area contributed by atoms with Gasteiger partial charge in [0.25, 0.3) is 0 Å². The van der Waals surface area contributed by atoms with Gasteiger partial charge in [-0.05, 0) is 58.4 Å². The number of anilines is 1. The Morgan fingerprint density at radius 2 is 2.19 bits per heavy atom. The van der Waals surface area contributed by atoms with Crippen molar-refractivity contribution in [3.8, 4) is 0 Å². The van der Waals surface area contributed by atoms with Gasteiger partial charge in [0.1, 0.15) is 5.00 Å². The first-order valence-corrected chi connectivity index (χ1v) is 8.72. The predicted octanol–water partition coefficient (Wildman–Crippen LogP) is 4.31. The van der Waals surface area contributed by atoms with Crippen LogP contribution in [0.15, 0.2) is 11.8 Å². The lowest BCUT2D eigenvalue weighted by molar-refractivity contribution is 0.0526. The van der Waals surface area contributed by atoms with E-state index in [2.05, 4.69) is 24.8 Å². The zero-order chi connectivity index (χ0) is 15.0. The maximum absolute atomic E-state index is 12.5. The summed E-state index contributed by atoms with van der Waals surface area (Å²) < 4.78 is 5.34. The summed E-state index contributed by atoms with van der Waals surface area (Å²) in [6, 6.07) is 0.429. The Kier molecular flexibility index (Phi) is 4.07. The van der Waals surface area contributed by atoms with Gasteiger partial charge in [-0.2, -0.15) is 0 Å². The molecule has 4 heteroatoms. The highest BCUT2D eigenvalue weighted by atomic mass is 32.1. The summed E-state index contributed by atoms with van der Waals surface area (Å²) in [5.41, 5.74) is 3.36. The molecular weight excluding hydrogens is 282 g/mol. The largest absolute Gasteiger partial charge is 0.462 e. The smallest absolute Gasteiger partial charge is 0.341 e. The number of carbonyl (C=O) groups excluding carboxylic acids is 1. The molecule has 1 aliphatic heterocycles. The molecular formula is C17H23NO2S. The van der Waals surface area contributed by atoms with Gasteiger partial charge in [-0.15, -0.1) is 11.3 Å². The number of nitrogens with zero attached hydrogens (tertiary/aromatic N) is 1. The van der Waals surface area contributed by atoms with Gasteiger partial charge in [-0.1, -0.05) is 6.08 Å². The zero-order valence-electron chi connectivity index (χ0n) is 13.1. The molecule has 0 saturated carbocycles. The SMILES string of the molecule is CCOC(=O)c1c(N2C(C)=CCC2C)sc2c1CCCC2. The number of carbonyl (C=O) groups is 1. The molecule has 2 heterocycles. The highest BCUT2D eigenvalue weighted by Gasteiger charge is 2.32. The van der Waals surface area contributed by atoms with E-state index in [1.807, 2.05) is 6.92 Å². The van der Waals surface area contributed by atoms with E-state index in [0.717, 1.165) is 29.8 Å². The average Bonchev–Trinajstić information content (AvgIpc) is 2.99. The van der Waals surface area contributed by atoms with Crippen LogP contribution in [0.3, 0.4) is 0 Å². The van der Waals surface area contributed by atoms with E-state index in [1.54, 1.807) is 11.3 Å². The number of allylic oxidation sites excluding steroid dienone is 1. The van der Waals surface area contributed by atoms with Crippen molar-refractivity contribution in [2.75, 3.05) is 11.5 Å². The van der Waals surface area contributed by atoms with Crippen molar-refractivity contribution in [3.05, 3.63) is 27.8 Å². The van der Waals surface area contributed by atoms with Crippen LogP contribution < -0.4 is 4.90 Å². The van der Waals surface area contributed by atoms with Gasteiger partial charge in [0, 0.05) is 16.6 Å². The molecule has 0 fully saturated rings. The lowest BCUT2D eigenvalue weighted by Gasteiger charge is -2.25. The minimum atomic E-state index is -0.140. The molecule has 0 N–H and O–H groups in total. The number of hydrogen-bond acceptors (Lipinski definition) is 4. The van der Waals surface area contributed by atoms with Gasteiger partial charge >= 0.3 is 5.97 Å².